The van der Waals surface area contributed by atoms with Gasteiger partial charge in [0.25, 0.3) is 5.91 Å². The Morgan fingerprint density at radius 3 is 3.07 bits per heavy atom. The second kappa shape index (κ2) is 4.23. The summed E-state index contributed by atoms with van der Waals surface area (Å²) in [5.74, 6) is 0.924. The molecule has 1 aromatic carbocycles. The molecule has 0 radical (unpaired) electrons. The number of carbonyl (C=O) groups excluding carboxylic acids is 1. The smallest absolute Gasteiger partial charge is 0.254 e. The largest absolute Gasteiger partial charge is 0.493 e. The van der Waals surface area contributed by atoms with Crippen LogP contribution in [0.4, 0.5) is 0 Å². The molecule has 1 aliphatic rings. The zero-order valence-corrected chi connectivity index (χ0v) is 10.1. The third kappa shape index (κ3) is 2.00. The molecule has 0 saturated heterocycles. The average Bonchev–Trinajstić information content (AvgIpc) is 2.52. The summed E-state index contributed by atoms with van der Waals surface area (Å²) in [5, 5.41) is 0.808. The molecule has 0 N–H and O–H groups in total. The summed E-state index contributed by atoms with van der Waals surface area (Å²) in [5.41, 5.74) is 1.85. The number of halogens is 1. The predicted molar refractivity (Wildman–Crippen MR) is 61.5 cm³/mol. The summed E-state index contributed by atoms with van der Waals surface area (Å²) in [7, 11) is 1.81. The number of carbonyl (C=O) groups is 1. The number of benzene rings is 1. The lowest BCUT2D eigenvalue weighted by Crippen LogP contribution is -2.17. The Morgan fingerprint density at radius 1 is 1.53 bits per heavy atom. The molecule has 0 atom stereocenters. The molecule has 0 bridgehead atoms. The molecule has 0 fully saturated rings. The van der Waals surface area contributed by atoms with Crippen molar-refractivity contribution in [2.45, 2.75) is 6.54 Å². The summed E-state index contributed by atoms with van der Waals surface area (Å²) in [6.07, 6.45) is 0. The topological polar surface area (TPSA) is 29.5 Å². The van der Waals surface area contributed by atoms with Crippen LogP contribution in [-0.4, -0.2) is 29.8 Å². The molecule has 1 amide bonds. The zero-order chi connectivity index (χ0) is 10.8. The van der Waals surface area contributed by atoms with Gasteiger partial charge in [-0.2, -0.15) is 0 Å². The van der Waals surface area contributed by atoms with E-state index in [0.29, 0.717) is 13.2 Å². The van der Waals surface area contributed by atoms with Crippen LogP contribution in [0.3, 0.4) is 0 Å². The molecule has 2 rings (SSSR count). The summed E-state index contributed by atoms with van der Waals surface area (Å²) in [4.78, 5) is 13.3. The molecule has 80 valence electrons. The van der Waals surface area contributed by atoms with Gasteiger partial charge in [0.2, 0.25) is 0 Å². The van der Waals surface area contributed by atoms with Crippen LogP contribution in [0.2, 0.25) is 0 Å². The van der Waals surface area contributed by atoms with E-state index >= 15 is 0 Å². The van der Waals surface area contributed by atoms with Crippen LogP contribution < -0.4 is 4.74 Å². The fraction of sp³-hybridized carbons (Fsp3) is 0.364. The van der Waals surface area contributed by atoms with Crippen molar-refractivity contribution in [2.24, 2.45) is 0 Å². The van der Waals surface area contributed by atoms with Crippen LogP contribution in [0.15, 0.2) is 18.2 Å². The van der Waals surface area contributed by atoms with Crippen LogP contribution in [0.1, 0.15) is 15.9 Å². The van der Waals surface area contributed by atoms with Crippen molar-refractivity contribution in [1.29, 1.82) is 0 Å². The van der Waals surface area contributed by atoms with Gasteiger partial charge in [-0.15, -0.1) is 0 Å². The van der Waals surface area contributed by atoms with Crippen LogP contribution >= 0.6 is 15.9 Å². The zero-order valence-electron chi connectivity index (χ0n) is 8.50. The highest BCUT2D eigenvalue weighted by Gasteiger charge is 2.24. The first-order valence-electron chi connectivity index (χ1n) is 4.79. The number of hydrogen-bond acceptors (Lipinski definition) is 2. The molecule has 0 spiro atoms. The van der Waals surface area contributed by atoms with Crippen molar-refractivity contribution >= 4 is 21.8 Å². The highest BCUT2D eigenvalue weighted by molar-refractivity contribution is 9.09. The highest BCUT2D eigenvalue weighted by atomic mass is 79.9. The Morgan fingerprint density at radius 2 is 2.33 bits per heavy atom. The maximum Gasteiger partial charge on any atom is 0.254 e. The van der Waals surface area contributed by atoms with E-state index in [1.807, 2.05) is 18.2 Å². The molecule has 4 heteroatoms. The molecule has 0 saturated carbocycles. The first-order valence-corrected chi connectivity index (χ1v) is 5.91. The maximum atomic E-state index is 11.6. The lowest BCUT2D eigenvalue weighted by Gasteiger charge is -2.05. The van der Waals surface area contributed by atoms with Crippen molar-refractivity contribution in [1.82, 2.24) is 4.90 Å². The van der Waals surface area contributed by atoms with E-state index in [1.165, 1.54) is 0 Å². The number of alkyl halides is 1. The van der Waals surface area contributed by atoms with Crippen molar-refractivity contribution < 1.29 is 9.53 Å². The van der Waals surface area contributed by atoms with E-state index < -0.39 is 0 Å². The van der Waals surface area contributed by atoms with Gasteiger partial charge in [-0.3, -0.25) is 4.79 Å². The van der Waals surface area contributed by atoms with E-state index in [9.17, 15) is 4.79 Å². The van der Waals surface area contributed by atoms with E-state index in [2.05, 4.69) is 15.9 Å². The highest BCUT2D eigenvalue weighted by Crippen LogP contribution is 2.25. The van der Waals surface area contributed by atoms with Gasteiger partial charge in [-0.1, -0.05) is 15.9 Å². The molecular formula is C11H12BrNO2. The fourth-order valence-electron chi connectivity index (χ4n) is 1.69. The van der Waals surface area contributed by atoms with Crippen molar-refractivity contribution in [3.8, 4) is 5.75 Å². The third-order valence-corrected chi connectivity index (χ3v) is 2.73. The molecule has 15 heavy (non-hydrogen) atoms. The summed E-state index contributed by atoms with van der Waals surface area (Å²) in [6.45, 7) is 1.32. The molecule has 0 unspecified atom stereocenters. The van der Waals surface area contributed by atoms with E-state index in [0.717, 1.165) is 22.2 Å². The van der Waals surface area contributed by atoms with Gasteiger partial charge < -0.3 is 9.64 Å². The van der Waals surface area contributed by atoms with Crippen molar-refractivity contribution in [3.05, 3.63) is 29.3 Å². The van der Waals surface area contributed by atoms with Crippen LogP contribution in [0.25, 0.3) is 0 Å². The number of rotatable bonds is 3. The Kier molecular flexibility index (Phi) is 2.95. The normalized spacial score (nSPS) is 14.3. The first-order chi connectivity index (χ1) is 7.22. The molecular weight excluding hydrogens is 258 g/mol. The Hall–Kier alpha value is -1.03. The van der Waals surface area contributed by atoms with Gasteiger partial charge in [-0.25, -0.2) is 0 Å². The Labute approximate surface area is 97.2 Å². The van der Waals surface area contributed by atoms with Gasteiger partial charge >= 0.3 is 0 Å². The maximum absolute atomic E-state index is 11.6. The van der Waals surface area contributed by atoms with Gasteiger partial charge in [-0.05, 0) is 23.8 Å². The predicted octanol–water partition coefficient (Wildman–Crippen LogP) is 2.05. The average molecular weight is 270 g/mol. The second-order valence-corrected chi connectivity index (χ2v) is 4.31. The molecule has 0 aliphatic carbocycles. The second-order valence-electron chi connectivity index (χ2n) is 3.52. The number of amides is 1. The monoisotopic (exact) mass is 269 g/mol. The lowest BCUT2D eigenvalue weighted by molar-refractivity contribution is 0.0816. The van der Waals surface area contributed by atoms with Crippen molar-refractivity contribution in [3.63, 3.8) is 0 Å². The van der Waals surface area contributed by atoms with Crippen molar-refractivity contribution in [2.75, 3.05) is 19.0 Å². The Bertz CT molecular complexity index is 392. The van der Waals surface area contributed by atoms with Gasteiger partial charge in [0.1, 0.15) is 5.75 Å². The third-order valence-electron chi connectivity index (χ3n) is 2.41. The number of fused-ring (bicyclic) bond motifs is 1. The van der Waals surface area contributed by atoms with Crippen LogP contribution in [-0.2, 0) is 6.54 Å². The fourth-order valence-corrected chi connectivity index (χ4v) is 1.85. The number of hydrogen-bond donors (Lipinski definition) is 0. The summed E-state index contributed by atoms with van der Waals surface area (Å²) >= 11 is 3.30. The minimum atomic E-state index is 0.0945. The van der Waals surface area contributed by atoms with Gasteiger partial charge in [0.05, 0.1) is 6.61 Å². The minimum Gasteiger partial charge on any atom is -0.493 e. The Balaban J connectivity index is 2.22. The number of ether oxygens (including phenoxy) is 1. The lowest BCUT2D eigenvalue weighted by atomic mass is 10.1. The molecule has 1 aliphatic heterocycles. The molecule has 1 heterocycles. The summed E-state index contributed by atoms with van der Waals surface area (Å²) < 4.78 is 5.47. The molecule has 0 aromatic heterocycles. The molecule has 3 nitrogen and oxygen atoms in total. The first kappa shape index (κ1) is 10.5. The van der Waals surface area contributed by atoms with E-state index in [-0.39, 0.29) is 5.91 Å². The van der Waals surface area contributed by atoms with Crippen LogP contribution in [0.5, 0.6) is 5.75 Å². The quantitative estimate of drug-likeness (QED) is 0.787. The van der Waals surface area contributed by atoms with Gasteiger partial charge in [0.15, 0.2) is 0 Å². The van der Waals surface area contributed by atoms with E-state index in [4.69, 9.17) is 4.74 Å². The summed E-state index contributed by atoms with van der Waals surface area (Å²) in [6, 6.07) is 5.63. The molecule has 1 aromatic rings. The van der Waals surface area contributed by atoms with Gasteiger partial charge in [0, 0.05) is 24.5 Å². The minimum absolute atomic E-state index is 0.0945. The van der Waals surface area contributed by atoms with E-state index in [1.54, 1.807) is 11.9 Å². The SMILES string of the molecule is CN1Cc2cc(OCCBr)ccc2C1=O. The van der Waals surface area contributed by atoms with Crippen LogP contribution in [0, 0.1) is 0 Å². The number of nitrogens with zero attached hydrogens (tertiary/aromatic N) is 1. The standard InChI is InChI=1S/C11H12BrNO2/c1-13-7-8-6-9(15-5-4-12)2-3-10(8)11(13)14/h2-3,6H,4-5,7H2,1H3.